The Bertz CT molecular complexity index is 699. The molecule has 1 amide bonds. The van der Waals surface area contributed by atoms with Crippen molar-refractivity contribution >= 4 is 22.4 Å². The minimum atomic E-state index is -0.0833. The van der Waals surface area contributed by atoms with Gasteiger partial charge >= 0.3 is 0 Å². The lowest BCUT2D eigenvalue weighted by molar-refractivity contribution is -0.116. The number of carbonyl (C=O) groups is 1. The molecule has 19 heavy (non-hydrogen) atoms. The molecule has 94 valence electrons. The van der Waals surface area contributed by atoms with Crippen LogP contribution in [0.4, 0.5) is 5.69 Å². The Morgan fingerprint density at radius 3 is 2.79 bits per heavy atom. The smallest absolute Gasteiger partial charge is 0.246 e. The number of carbonyl (C=O) groups excluding carboxylic acids is 1. The quantitative estimate of drug-likeness (QED) is 0.778. The van der Waals surface area contributed by atoms with Crippen molar-refractivity contribution in [3.05, 3.63) is 60.9 Å². The van der Waals surface area contributed by atoms with Gasteiger partial charge in [-0.3, -0.25) is 9.48 Å². The number of benzene rings is 2. The summed E-state index contributed by atoms with van der Waals surface area (Å²) >= 11 is 0. The number of aromatic nitrogens is 2. The Kier molecular flexibility index (Phi) is 2.98. The molecule has 3 rings (SSSR count). The number of amides is 1. The van der Waals surface area contributed by atoms with Gasteiger partial charge in [0.1, 0.15) is 6.54 Å². The highest BCUT2D eigenvalue weighted by Gasteiger charge is 2.06. The molecule has 0 spiro atoms. The fourth-order valence-electron chi connectivity index (χ4n) is 2.07. The average molecular weight is 251 g/mol. The number of nitrogens with one attached hydrogen (secondary N) is 1. The Labute approximate surface area is 110 Å². The van der Waals surface area contributed by atoms with Gasteiger partial charge in [0.05, 0.1) is 0 Å². The van der Waals surface area contributed by atoms with E-state index in [1.54, 1.807) is 23.1 Å². The number of nitrogens with zero attached hydrogens (tertiary/aromatic N) is 2. The summed E-state index contributed by atoms with van der Waals surface area (Å²) in [5, 5.41) is 9.09. The second kappa shape index (κ2) is 4.94. The molecule has 1 aromatic heterocycles. The predicted molar refractivity (Wildman–Crippen MR) is 74.8 cm³/mol. The normalized spacial score (nSPS) is 10.5. The van der Waals surface area contributed by atoms with Crippen molar-refractivity contribution in [2.45, 2.75) is 6.54 Å². The van der Waals surface area contributed by atoms with Crippen LogP contribution in [0.1, 0.15) is 0 Å². The number of anilines is 1. The van der Waals surface area contributed by atoms with Crippen LogP contribution in [0, 0.1) is 0 Å². The summed E-state index contributed by atoms with van der Waals surface area (Å²) < 4.78 is 1.60. The summed E-state index contributed by atoms with van der Waals surface area (Å²) in [4.78, 5) is 12.0. The molecule has 4 nitrogen and oxygen atoms in total. The summed E-state index contributed by atoms with van der Waals surface area (Å²) in [5.41, 5.74) is 0.829. The van der Waals surface area contributed by atoms with Crippen LogP contribution >= 0.6 is 0 Å². The van der Waals surface area contributed by atoms with E-state index in [4.69, 9.17) is 0 Å². The van der Waals surface area contributed by atoms with Gasteiger partial charge in [0, 0.05) is 23.5 Å². The standard InChI is InChI=1S/C15H13N3O/c19-15(11-18-10-4-9-16-18)17-14-8-3-6-12-5-1-2-7-13(12)14/h1-10H,11H2,(H,17,19). The van der Waals surface area contributed by atoms with E-state index >= 15 is 0 Å². The van der Waals surface area contributed by atoms with Crippen LogP contribution in [0.3, 0.4) is 0 Å². The fourth-order valence-corrected chi connectivity index (χ4v) is 2.07. The molecule has 3 aromatic rings. The zero-order valence-electron chi connectivity index (χ0n) is 10.3. The zero-order chi connectivity index (χ0) is 13.1. The average Bonchev–Trinajstić information content (AvgIpc) is 2.92. The molecule has 0 aliphatic rings. The molecular formula is C15H13N3O. The van der Waals surface area contributed by atoms with Crippen LogP contribution in [-0.4, -0.2) is 15.7 Å². The zero-order valence-corrected chi connectivity index (χ0v) is 10.3. The van der Waals surface area contributed by atoms with Crippen molar-refractivity contribution in [1.29, 1.82) is 0 Å². The lowest BCUT2D eigenvalue weighted by Crippen LogP contribution is -2.19. The maximum atomic E-state index is 12.0. The third kappa shape index (κ3) is 2.47. The maximum Gasteiger partial charge on any atom is 0.246 e. The topological polar surface area (TPSA) is 46.9 Å². The first-order valence-electron chi connectivity index (χ1n) is 6.08. The molecule has 0 radical (unpaired) electrons. The van der Waals surface area contributed by atoms with Crippen molar-refractivity contribution in [3.8, 4) is 0 Å². The Morgan fingerprint density at radius 1 is 1.11 bits per heavy atom. The van der Waals surface area contributed by atoms with E-state index in [0.29, 0.717) is 0 Å². The van der Waals surface area contributed by atoms with E-state index in [2.05, 4.69) is 10.4 Å². The highest BCUT2D eigenvalue weighted by Crippen LogP contribution is 2.22. The fraction of sp³-hybridized carbons (Fsp3) is 0.0667. The second-order valence-electron chi connectivity index (χ2n) is 4.28. The van der Waals surface area contributed by atoms with Crippen molar-refractivity contribution in [3.63, 3.8) is 0 Å². The van der Waals surface area contributed by atoms with Gasteiger partial charge in [-0.25, -0.2) is 0 Å². The number of rotatable bonds is 3. The Morgan fingerprint density at radius 2 is 1.95 bits per heavy atom. The van der Waals surface area contributed by atoms with Crippen LogP contribution in [0.2, 0.25) is 0 Å². The Hall–Kier alpha value is -2.62. The lowest BCUT2D eigenvalue weighted by Gasteiger charge is -2.08. The molecule has 4 heteroatoms. The molecule has 0 unspecified atom stereocenters. The van der Waals surface area contributed by atoms with E-state index in [1.807, 2.05) is 42.5 Å². The van der Waals surface area contributed by atoms with Gasteiger partial charge in [-0.15, -0.1) is 0 Å². The maximum absolute atomic E-state index is 12.0. The van der Waals surface area contributed by atoms with E-state index < -0.39 is 0 Å². The molecule has 1 N–H and O–H groups in total. The SMILES string of the molecule is O=C(Cn1cccn1)Nc1cccc2ccccc12. The third-order valence-electron chi connectivity index (χ3n) is 2.93. The molecule has 2 aromatic carbocycles. The molecule has 0 atom stereocenters. The van der Waals surface area contributed by atoms with Gasteiger partial charge in [0.2, 0.25) is 5.91 Å². The van der Waals surface area contributed by atoms with Crippen LogP contribution in [0.25, 0.3) is 10.8 Å². The van der Waals surface area contributed by atoms with E-state index in [-0.39, 0.29) is 12.5 Å². The van der Waals surface area contributed by atoms with Crippen LogP contribution < -0.4 is 5.32 Å². The third-order valence-corrected chi connectivity index (χ3v) is 2.93. The van der Waals surface area contributed by atoms with Crippen LogP contribution in [0.15, 0.2) is 60.9 Å². The second-order valence-corrected chi connectivity index (χ2v) is 4.28. The summed E-state index contributed by atoms with van der Waals surface area (Å²) in [6, 6.07) is 15.6. The highest BCUT2D eigenvalue weighted by molar-refractivity contribution is 6.01. The summed E-state index contributed by atoms with van der Waals surface area (Å²) in [5.74, 6) is -0.0833. The van der Waals surface area contributed by atoms with E-state index in [9.17, 15) is 4.79 Å². The molecule has 0 saturated carbocycles. The summed E-state index contributed by atoms with van der Waals surface area (Å²) in [6.07, 6.45) is 3.42. The van der Waals surface area contributed by atoms with Crippen molar-refractivity contribution < 1.29 is 4.79 Å². The van der Waals surface area contributed by atoms with Gasteiger partial charge in [-0.05, 0) is 17.5 Å². The molecule has 0 aliphatic carbocycles. The predicted octanol–water partition coefficient (Wildman–Crippen LogP) is 2.68. The van der Waals surface area contributed by atoms with Crippen LogP contribution in [0.5, 0.6) is 0 Å². The monoisotopic (exact) mass is 251 g/mol. The van der Waals surface area contributed by atoms with Crippen molar-refractivity contribution in [2.75, 3.05) is 5.32 Å². The van der Waals surface area contributed by atoms with Crippen molar-refractivity contribution in [1.82, 2.24) is 9.78 Å². The molecule has 0 bridgehead atoms. The van der Waals surface area contributed by atoms with Crippen molar-refractivity contribution in [2.24, 2.45) is 0 Å². The number of hydrogen-bond acceptors (Lipinski definition) is 2. The first-order chi connectivity index (χ1) is 9.33. The van der Waals surface area contributed by atoms with E-state index in [1.165, 1.54) is 0 Å². The minimum absolute atomic E-state index is 0.0833. The first-order valence-corrected chi connectivity index (χ1v) is 6.08. The molecule has 0 saturated heterocycles. The number of hydrogen-bond donors (Lipinski definition) is 1. The first kappa shape index (κ1) is 11.5. The van der Waals surface area contributed by atoms with Gasteiger partial charge in [0.15, 0.2) is 0 Å². The Balaban J connectivity index is 1.83. The van der Waals surface area contributed by atoms with E-state index in [0.717, 1.165) is 16.5 Å². The van der Waals surface area contributed by atoms with Gasteiger partial charge in [-0.2, -0.15) is 5.10 Å². The van der Waals surface area contributed by atoms with Gasteiger partial charge in [-0.1, -0.05) is 36.4 Å². The molecule has 0 aliphatic heterocycles. The summed E-state index contributed by atoms with van der Waals surface area (Å²) in [7, 11) is 0. The molecule has 1 heterocycles. The minimum Gasteiger partial charge on any atom is -0.324 e. The van der Waals surface area contributed by atoms with Gasteiger partial charge in [0.25, 0.3) is 0 Å². The lowest BCUT2D eigenvalue weighted by atomic mass is 10.1. The van der Waals surface area contributed by atoms with Crippen LogP contribution in [-0.2, 0) is 11.3 Å². The van der Waals surface area contributed by atoms with Gasteiger partial charge < -0.3 is 5.32 Å². The number of fused-ring (bicyclic) bond motifs is 1. The summed E-state index contributed by atoms with van der Waals surface area (Å²) in [6.45, 7) is 0.218. The highest BCUT2D eigenvalue weighted by atomic mass is 16.2. The largest absolute Gasteiger partial charge is 0.324 e. The molecule has 0 fully saturated rings. The molecular weight excluding hydrogens is 238 g/mol.